The summed E-state index contributed by atoms with van der Waals surface area (Å²) < 4.78 is 41.7. The van der Waals surface area contributed by atoms with Gasteiger partial charge in [-0.05, 0) is 60.7 Å². The Morgan fingerprint density at radius 2 is 1.86 bits per heavy atom. The molecular formula is C26H25Cl2F3N2O3. The molecule has 1 N–H and O–H groups in total. The second-order valence-electron chi connectivity index (χ2n) is 9.44. The van der Waals surface area contributed by atoms with E-state index in [0.717, 1.165) is 12.1 Å². The summed E-state index contributed by atoms with van der Waals surface area (Å²) in [5.74, 6) is -1.88. The number of carbonyl (C=O) groups excluding carboxylic acids is 1. The molecule has 1 amide bonds. The normalized spacial score (nSPS) is 18.6. The van der Waals surface area contributed by atoms with Crippen LogP contribution in [0.2, 0.25) is 10.0 Å². The summed E-state index contributed by atoms with van der Waals surface area (Å²) >= 11 is 13.1. The molecule has 36 heavy (non-hydrogen) atoms. The Morgan fingerprint density at radius 1 is 1.17 bits per heavy atom. The number of nitrogens with zero attached hydrogens (tertiary/aromatic N) is 2. The number of alkyl halides is 3. The van der Waals surface area contributed by atoms with Crippen molar-refractivity contribution in [2.75, 3.05) is 13.1 Å². The van der Waals surface area contributed by atoms with Crippen LogP contribution < -0.4 is 0 Å². The molecule has 1 fully saturated rings. The molecule has 192 valence electrons. The van der Waals surface area contributed by atoms with Gasteiger partial charge in [-0.1, -0.05) is 30.1 Å². The van der Waals surface area contributed by atoms with Crippen molar-refractivity contribution in [3.63, 3.8) is 0 Å². The SMILES string of the molecule is Cc1cc(C(F)(F)F)cc2c1cc(Cc1c(Cl)ccc(C(=O)N3CC[C@H](C(=O)O)[C@@H](C)C3)c1Cl)n2C. The molecule has 10 heteroatoms. The maximum absolute atomic E-state index is 13.3. The standard InChI is InChI=1S/C26H25Cl2F3N2O3/c1-13-8-15(26(29,30)31)9-22-19(13)10-16(32(22)3)11-20-21(27)5-4-18(23(20)28)24(34)33-7-6-17(25(35)36)14(2)12-33/h4-5,8-10,14,17H,6-7,11-12H2,1-3H3,(H,35,36)/t14-,17-/m0/s1. The lowest BCUT2D eigenvalue weighted by atomic mass is 9.86. The Kier molecular flexibility index (Phi) is 7.05. The van der Waals surface area contributed by atoms with E-state index < -0.39 is 23.6 Å². The van der Waals surface area contributed by atoms with Crippen LogP contribution in [0, 0.1) is 18.8 Å². The van der Waals surface area contributed by atoms with Crippen LogP contribution in [0.3, 0.4) is 0 Å². The van der Waals surface area contributed by atoms with Gasteiger partial charge in [0, 0.05) is 48.2 Å². The molecule has 4 rings (SSSR count). The van der Waals surface area contributed by atoms with Gasteiger partial charge in [0.1, 0.15) is 0 Å². The summed E-state index contributed by atoms with van der Waals surface area (Å²) in [6, 6.07) is 7.19. The number of carboxylic acids is 1. The van der Waals surface area contributed by atoms with E-state index in [4.69, 9.17) is 23.2 Å². The molecule has 2 aromatic carbocycles. The zero-order valence-corrected chi connectivity index (χ0v) is 21.4. The van der Waals surface area contributed by atoms with Crippen LogP contribution in [-0.2, 0) is 24.4 Å². The van der Waals surface area contributed by atoms with Crippen LogP contribution in [-0.4, -0.2) is 39.5 Å². The van der Waals surface area contributed by atoms with Gasteiger partial charge in [0.25, 0.3) is 5.91 Å². The molecule has 1 aliphatic heterocycles. The second kappa shape index (κ2) is 9.63. The third kappa shape index (κ3) is 4.81. The molecule has 3 aromatic rings. The molecule has 0 saturated carbocycles. The number of aliphatic carboxylic acids is 1. The fraction of sp³-hybridized carbons (Fsp3) is 0.385. The first-order chi connectivity index (χ1) is 16.8. The number of benzene rings is 2. The largest absolute Gasteiger partial charge is 0.481 e. The van der Waals surface area contributed by atoms with Gasteiger partial charge in [0.05, 0.1) is 22.1 Å². The zero-order valence-electron chi connectivity index (χ0n) is 19.9. The number of likely N-dealkylation sites (tertiary alicyclic amines) is 1. The number of fused-ring (bicyclic) bond motifs is 1. The van der Waals surface area contributed by atoms with Crippen LogP contribution in [0.5, 0.6) is 0 Å². The summed E-state index contributed by atoms with van der Waals surface area (Å²) in [7, 11) is 1.68. The van der Waals surface area contributed by atoms with E-state index in [1.165, 1.54) is 0 Å². The monoisotopic (exact) mass is 540 g/mol. The first kappa shape index (κ1) is 26.4. The smallest absolute Gasteiger partial charge is 0.416 e. The van der Waals surface area contributed by atoms with Crippen molar-refractivity contribution in [1.29, 1.82) is 0 Å². The minimum absolute atomic E-state index is 0.179. The predicted molar refractivity (Wildman–Crippen MR) is 133 cm³/mol. The summed E-state index contributed by atoms with van der Waals surface area (Å²) in [5.41, 5.74) is 1.67. The highest BCUT2D eigenvalue weighted by Gasteiger charge is 2.34. The molecule has 1 saturated heterocycles. The second-order valence-corrected chi connectivity index (χ2v) is 10.2. The molecule has 2 heterocycles. The molecule has 0 spiro atoms. The molecular weight excluding hydrogens is 516 g/mol. The van der Waals surface area contributed by atoms with Gasteiger partial charge in [0.15, 0.2) is 0 Å². The molecule has 0 bridgehead atoms. The molecule has 0 radical (unpaired) electrons. The number of aromatic nitrogens is 1. The van der Waals surface area contributed by atoms with Gasteiger partial charge in [-0.15, -0.1) is 0 Å². The van der Waals surface area contributed by atoms with Crippen molar-refractivity contribution in [2.45, 2.75) is 32.9 Å². The van der Waals surface area contributed by atoms with E-state index in [0.29, 0.717) is 52.3 Å². The lowest BCUT2D eigenvalue weighted by molar-refractivity contribution is -0.145. The van der Waals surface area contributed by atoms with E-state index in [-0.39, 0.29) is 28.8 Å². The van der Waals surface area contributed by atoms with Crippen LogP contribution >= 0.6 is 23.2 Å². The number of halogens is 5. The van der Waals surface area contributed by atoms with Gasteiger partial charge in [-0.25, -0.2) is 0 Å². The summed E-state index contributed by atoms with van der Waals surface area (Å²) in [5, 5.41) is 10.6. The number of piperidine rings is 1. The van der Waals surface area contributed by atoms with E-state index in [1.54, 1.807) is 42.5 Å². The van der Waals surface area contributed by atoms with E-state index in [1.807, 2.05) is 6.07 Å². The first-order valence-electron chi connectivity index (χ1n) is 11.4. The van der Waals surface area contributed by atoms with E-state index >= 15 is 0 Å². The third-order valence-electron chi connectivity index (χ3n) is 7.08. The fourth-order valence-corrected chi connectivity index (χ4v) is 5.55. The Labute approximate surface area is 216 Å². The minimum atomic E-state index is -4.46. The van der Waals surface area contributed by atoms with Crippen LogP contribution in [0.15, 0.2) is 30.3 Å². The van der Waals surface area contributed by atoms with Crippen LogP contribution in [0.4, 0.5) is 13.2 Å². The van der Waals surface area contributed by atoms with Crippen molar-refractivity contribution in [2.24, 2.45) is 18.9 Å². The summed E-state index contributed by atoms with van der Waals surface area (Å²) in [6.45, 7) is 4.04. The molecule has 0 unspecified atom stereocenters. The Morgan fingerprint density at radius 3 is 2.47 bits per heavy atom. The highest BCUT2D eigenvalue weighted by atomic mass is 35.5. The van der Waals surface area contributed by atoms with Crippen LogP contribution in [0.1, 0.15) is 46.1 Å². The molecule has 0 aliphatic carbocycles. The van der Waals surface area contributed by atoms with E-state index in [9.17, 15) is 27.9 Å². The number of hydrogen-bond donors (Lipinski definition) is 1. The Balaban J connectivity index is 1.67. The average Bonchev–Trinajstić information content (AvgIpc) is 3.11. The Hall–Kier alpha value is -2.71. The highest BCUT2D eigenvalue weighted by Crippen LogP contribution is 2.36. The van der Waals surface area contributed by atoms with Gasteiger partial charge in [-0.2, -0.15) is 13.2 Å². The van der Waals surface area contributed by atoms with E-state index in [2.05, 4.69) is 0 Å². The average molecular weight is 541 g/mol. The number of hydrogen-bond acceptors (Lipinski definition) is 2. The number of aryl methyl sites for hydroxylation is 2. The van der Waals surface area contributed by atoms with Gasteiger partial charge in [0.2, 0.25) is 0 Å². The summed E-state index contributed by atoms with van der Waals surface area (Å²) in [4.78, 5) is 26.3. The van der Waals surface area contributed by atoms with Crippen molar-refractivity contribution in [3.05, 3.63) is 68.3 Å². The topological polar surface area (TPSA) is 62.5 Å². The summed E-state index contributed by atoms with van der Waals surface area (Å²) in [6.07, 6.45) is -3.89. The lowest BCUT2D eigenvalue weighted by Gasteiger charge is -2.35. The number of carbonyl (C=O) groups is 2. The number of carboxylic acid groups (broad SMARTS) is 1. The third-order valence-corrected chi connectivity index (χ3v) is 7.87. The minimum Gasteiger partial charge on any atom is -0.481 e. The number of rotatable bonds is 4. The van der Waals surface area contributed by atoms with Crippen molar-refractivity contribution < 1.29 is 27.9 Å². The van der Waals surface area contributed by atoms with Crippen molar-refractivity contribution >= 4 is 46.0 Å². The quantitative estimate of drug-likeness (QED) is 0.406. The molecule has 5 nitrogen and oxygen atoms in total. The van der Waals surface area contributed by atoms with Gasteiger partial charge >= 0.3 is 12.1 Å². The van der Waals surface area contributed by atoms with Crippen molar-refractivity contribution in [3.8, 4) is 0 Å². The predicted octanol–water partition coefficient (Wildman–Crippen LogP) is 6.59. The Bertz CT molecular complexity index is 1370. The zero-order chi connectivity index (χ0) is 26.5. The molecule has 1 aromatic heterocycles. The number of amides is 1. The fourth-order valence-electron chi connectivity index (χ4n) is 4.97. The highest BCUT2D eigenvalue weighted by molar-refractivity contribution is 6.38. The van der Waals surface area contributed by atoms with Gasteiger partial charge < -0.3 is 14.6 Å². The maximum atomic E-state index is 13.3. The van der Waals surface area contributed by atoms with Gasteiger partial charge in [-0.3, -0.25) is 9.59 Å². The lowest BCUT2D eigenvalue weighted by Crippen LogP contribution is -2.45. The molecule has 1 aliphatic rings. The van der Waals surface area contributed by atoms with Crippen LogP contribution in [0.25, 0.3) is 10.9 Å². The molecule has 2 atom stereocenters. The maximum Gasteiger partial charge on any atom is 0.416 e. The first-order valence-corrected chi connectivity index (χ1v) is 12.2. The van der Waals surface area contributed by atoms with Crippen molar-refractivity contribution in [1.82, 2.24) is 9.47 Å².